The van der Waals surface area contributed by atoms with Crippen LogP contribution in [0.25, 0.3) is 0 Å². The average molecular weight is 276 g/mol. The van der Waals surface area contributed by atoms with E-state index in [1.807, 2.05) is 17.9 Å². The molecule has 1 saturated heterocycles. The molecule has 112 valence electrons. The smallest absolute Gasteiger partial charge is 0.0728 e. The summed E-state index contributed by atoms with van der Waals surface area (Å²) >= 11 is 0. The highest BCUT2D eigenvalue weighted by Gasteiger charge is 2.28. The Kier molecular flexibility index (Phi) is 4.29. The largest absolute Gasteiger partial charge is 0.380 e. The standard InChI is InChI=1S/C16H28N4/c1-13-4-3-5-16(10-13)20-8-6-14(7-9-20)18-15-11-17-19(2)12-15/h11-14,16,18H,3-10H2,1-2H3/t13-,16-/m1/s1. The summed E-state index contributed by atoms with van der Waals surface area (Å²) in [7, 11) is 1.97. The fourth-order valence-corrected chi connectivity index (χ4v) is 3.87. The molecular formula is C16H28N4. The first-order valence-corrected chi connectivity index (χ1v) is 8.20. The lowest BCUT2D eigenvalue weighted by atomic mass is 9.85. The lowest BCUT2D eigenvalue weighted by Crippen LogP contribution is -2.46. The van der Waals surface area contributed by atoms with Gasteiger partial charge in [0, 0.05) is 38.4 Å². The zero-order valence-corrected chi connectivity index (χ0v) is 12.9. The van der Waals surface area contributed by atoms with Gasteiger partial charge in [0.1, 0.15) is 0 Å². The minimum Gasteiger partial charge on any atom is -0.380 e. The van der Waals surface area contributed by atoms with E-state index in [2.05, 4.69) is 28.4 Å². The molecule has 0 unspecified atom stereocenters. The van der Waals surface area contributed by atoms with Crippen molar-refractivity contribution < 1.29 is 0 Å². The van der Waals surface area contributed by atoms with Crippen molar-refractivity contribution in [2.45, 2.75) is 57.5 Å². The van der Waals surface area contributed by atoms with E-state index in [9.17, 15) is 0 Å². The summed E-state index contributed by atoms with van der Waals surface area (Å²) in [5, 5.41) is 7.85. The van der Waals surface area contributed by atoms with Crippen molar-refractivity contribution >= 4 is 5.69 Å². The Morgan fingerprint density at radius 3 is 2.65 bits per heavy atom. The number of aryl methyl sites for hydroxylation is 1. The number of hydrogen-bond acceptors (Lipinski definition) is 3. The maximum Gasteiger partial charge on any atom is 0.0728 e. The minimum absolute atomic E-state index is 0.622. The van der Waals surface area contributed by atoms with Gasteiger partial charge in [-0.1, -0.05) is 19.8 Å². The van der Waals surface area contributed by atoms with Crippen molar-refractivity contribution in [3.63, 3.8) is 0 Å². The molecule has 1 saturated carbocycles. The van der Waals surface area contributed by atoms with Crippen LogP contribution in [0.4, 0.5) is 5.69 Å². The molecule has 1 aliphatic heterocycles. The average Bonchev–Trinajstić information content (AvgIpc) is 2.85. The molecule has 1 N–H and O–H groups in total. The first-order valence-electron chi connectivity index (χ1n) is 8.20. The van der Waals surface area contributed by atoms with Crippen LogP contribution in [-0.2, 0) is 7.05 Å². The van der Waals surface area contributed by atoms with Crippen molar-refractivity contribution in [2.75, 3.05) is 18.4 Å². The second kappa shape index (κ2) is 6.17. The predicted octanol–water partition coefficient (Wildman–Crippen LogP) is 2.88. The molecule has 0 amide bonds. The van der Waals surface area contributed by atoms with E-state index in [4.69, 9.17) is 0 Å². The number of nitrogens with one attached hydrogen (secondary N) is 1. The van der Waals surface area contributed by atoms with Crippen LogP contribution >= 0.6 is 0 Å². The Morgan fingerprint density at radius 1 is 1.20 bits per heavy atom. The summed E-state index contributed by atoms with van der Waals surface area (Å²) < 4.78 is 1.86. The molecule has 20 heavy (non-hydrogen) atoms. The molecule has 2 heterocycles. The Morgan fingerprint density at radius 2 is 2.00 bits per heavy atom. The third-order valence-electron chi connectivity index (χ3n) is 5.03. The zero-order chi connectivity index (χ0) is 13.9. The van der Waals surface area contributed by atoms with Crippen molar-refractivity contribution in [1.82, 2.24) is 14.7 Å². The van der Waals surface area contributed by atoms with Crippen LogP contribution in [0, 0.1) is 5.92 Å². The Labute approximate surface area is 122 Å². The van der Waals surface area contributed by atoms with Gasteiger partial charge >= 0.3 is 0 Å². The van der Waals surface area contributed by atoms with E-state index in [1.165, 1.54) is 51.6 Å². The highest BCUT2D eigenvalue weighted by Crippen LogP contribution is 2.29. The monoisotopic (exact) mass is 276 g/mol. The highest BCUT2D eigenvalue weighted by atomic mass is 15.3. The van der Waals surface area contributed by atoms with Crippen molar-refractivity contribution in [2.24, 2.45) is 13.0 Å². The van der Waals surface area contributed by atoms with Crippen LogP contribution in [0.3, 0.4) is 0 Å². The van der Waals surface area contributed by atoms with Gasteiger partial charge in [0.05, 0.1) is 11.9 Å². The van der Waals surface area contributed by atoms with Crippen LogP contribution in [0.15, 0.2) is 12.4 Å². The Balaban J connectivity index is 1.47. The summed E-state index contributed by atoms with van der Waals surface area (Å²) in [6.45, 7) is 4.94. The Bertz CT molecular complexity index is 420. The summed E-state index contributed by atoms with van der Waals surface area (Å²) in [5.41, 5.74) is 1.16. The molecule has 0 aromatic carbocycles. The summed E-state index contributed by atoms with van der Waals surface area (Å²) in [5.74, 6) is 0.931. The highest BCUT2D eigenvalue weighted by molar-refractivity contribution is 5.39. The van der Waals surface area contributed by atoms with E-state index in [0.717, 1.165) is 17.6 Å². The summed E-state index contributed by atoms with van der Waals surface area (Å²) in [6.07, 6.45) is 12.2. The van der Waals surface area contributed by atoms with Gasteiger partial charge in [-0.25, -0.2) is 0 Å². The van der Waals surface area contributed by atoms with Gasteiger partial charge in [-0.3, -0.25) is 4.68 Å². The molecule has 1 aliphatic carbocycles. The van der Waals surface area contributed by atoms with Crippen LogP contribution in [0.2, 0.25) is 0 Å². The van der Waals surface area contributed by atoms with Crippen LogP contribution in [0.1, 0.15) is 45.4 Å². The lowest BCUT2D eigenvalue weighted by molar-refractivity contribution is 0.109. The van der Waals surface area contributed by atoms with Crippen LogP contribution < -0.4 is 5.32 Å². The molecule has 2 fully saturated rings. The molecule has 2 atom stereocenters. The number of likely N-dealkylation sites (tertiary alicyclic amines) is 1. The number of anilines is 1. The topological polar surface area (TPSA) is 33.1 Å². The predicted molar refractivity (Wildman–Crippen MR) is 82.8 cm³/mol. The van der Waals surface area contributed by atoms with Crippen LogP contribution in [0.5, 0.6) is 0 Å². The zero-order valence-electron chi connectivity index (χ0n) is 12.9. The fraction of sp³-hybridized carbons (Fsp3) is 0.812. The Hall–Kier alpha value is -1.03. The second-order valence-corrected chi connectivity index (χ2v) is 6.78. The second-order valence-electron chi connectivity index (χ2n) is 6.78. The lowest BCUT2D eigenvalue weighted by Gasteiger charge is -2.41. The maximum atomic E-state index is 4.22. The third kappa shape index (κ3) is 3.35. The number of nitrogens with zero attached hydrogens (tertiary/aromatic N) is 3. The van der Waals surface area contributed by atoms with Gasteiger partial charge in [-0.15, -0.1) is 0 Å². The molecule has 1 aromatic heterocycles. The molecular weight excluding hydrogens is 248 g/mol. The van der Waals surface area contributed by atoms with Gasteiger partial charge in [-0.05, 0) is 31.6 Å². The molecule has 1 aromatic rings. The van der Waals surface area contributed by atoms with E-state index in [1.54, 1.807) is 0 Å². The number of aromatic nitrogens is 2. The molecule has 0 spiro atoms. The summed E-state index contributed by atoms with van der Waals surface area (Å²) in [6, 6.07) is 1.48. The van der Waals surface area contributed by atoms with E-state index in [-0.39, 0.29) is 0 Å². The fourth-order valence-electron chi connectivity index (χ4n) is 3.87. The van der Waals surface area contributed by atoms with E-state index in [0.29, 0.717) is 6.04 Å². The first-order chi connectivity index (χ1) is 9.70. The first kappa shape index (κ1) is 13.9. The molecule has 0 radical (unpaired) electrons. The van der Waals surface area contributed by atoms with Crippen LogP contribution in [-0.4, -0.2) is 39.9 Å². The van der Waals surface area contributed by atoms with E-state index >= 15 is 0 Å². The molecule has 0 bridgehead atoms. The van der Waals surface area contributed by atoms with Gasteiger partial charge in [0.25, 0.3) is 0 Å². The molecule has 4 heteroatoms. The third-order valence-corrected chi connectivity index (χ3v) is 5.03. The number of piperidine rings is 1. The quantitative estimate of drug-likeness (QED) is 0.921. The number of rotatable bonds is 3. The van der Waals surface area contributed by atoms with Crippen molar-refractivity contribution in [1.29, 1.82) is 0 Å². The van der Waals surface area contributed by atoms with E-state index < -0.39 is 0 Å². The van der Waals surface area contributed by atoms with Gasteiger partial charge in [0.2, 0.25) is 0 Å². The summed E-state index contributed by atoms with van der Waals surface area (Å²) in [4.78, 5) is 2.75. The maximum absolute atomic E-state index is 4.22. The molecule has 3 rings (SSSR count). The minimum atomic E-state index is 0.622. The normalized spacial score (nSPS) is 29.5. The molecule has 4 nitrogen and oxygen atoms in total. The SMILES string of the molecule is C[C@@H]1CCC[C@@H](N2CCC(Nc3cnn(C)c3)CC2)C1. The van der Waals surface area contributed by atoms with Crippen molar-refractivity contribution in [3.05, 3.63) is 12.4 Å². The van der Waals surface area contributed by atoms with Crippen molar-refractivity contribution in [3.8, 4) is 0 Å². The van der Waals surface area contributed by atoms with Gasteiger partial charge < -0.3 is 10.2 Å². The molecule has 2 aliphatic rings. The van der Waals surface area contributed by atoms with Gasteiger partial charge in [0.15, 0.2) is 0 Å². The number of hydrogen-bond donors (Lipinski definition) is 1. The van der Waals surface area contributed by atoms with Gasteiger partial charge in [-0.2, -0.15) is 5.10 Å².